The maximum atomic E-state index is 3.72. The molecule has 1 atom stereocenters. The van der Waals surface area contributed by atoms with Crippen molar-refractivity contribution in [3.63, 3.8) is 0 Å². The SMILES string of the molecule is CCNC(c1sc(C)cc1Br)C1CCCCC1. The Bertz CT molecular complexity index is 355. The summed E-state index contributed by atoms with van der Waals surface area (Å²) < 4.78 is 1.30. The Labute approximate surface area is 117 Å². The van der Waals surface area contributed by atoms with E-state index in [-0.39, 0.29) is 0 Å². The molecule has 1 aromatic heterocycles. The van der Waals surface area contributed by atoms with E-state index in [9.17, 15) is 0 Å². The summed E-state index contributed by atoms with van der Waals surface area (Å²) in [6.07, 6.45) is 7.03. The van der Waals surface area contributed by atoms with Gasteiger partial charge in [0.2, 0.25) is 0 Å². The highest BCUT2D eigenvalue weighted by atomic mass is 79.9. The van der Waals surface area contributed by atoms with Crippen molar-refractivity contribution in [3.05, 3.63) is 20.3 Å². The molecule has 1 nitrogen and oxygen atoms in total. The maximum Gasteiger partial charge on any atom is 0.0454 e. The lowest BCUT2D eigenvalue weighted by Gasteiger charge is -2.30. The topological polar surface area (TPSA) is 12.0 Å². The van der Waals surface area contributed by atoms with Gasteiger partial charge in [-0.1, -0.05) is 26.2 Å². The van der Waals surface area contributed by atoms with E-state index in [0.717, 1.165) is 12.5 Å². The van der Waals surface area contributed by atoms with Gasteiger partial charge in [0.1, 0.15) is 0 Å². The lowest BCUT2D eigenvalue weighted by atomic mass is 9.83. The molecule has 1 aromatic rings. The predicted octanol–water partition coefficient (Wildman–Crippen LogP) is 5.05. The summed E-state index contributed by atoms with van der Waals surface area (Å²) in [5, 5.41) is 3.70. The van der Waals surface area contributed by atoms with E-state index < -0.39 is 0 Å². The minimum absolute atomic E-state index is 0.563. The van der Waals surface area contributed by atoms with Crippen LogP contribution in [0.4, 0.5) is 0 Å². The average Bonchev–Trinajstić information content (AvgIpc) is 2.66. The van der Waals surface area contributed by atoms with Crippen molar-refractivity contribution >= 4 is 27.3 Å². The van der Waals surface area contributed by atoms with Crippen LogP contribution in [0.25, 0.3) is 0 Å². The average molecular weight is 316 g/mol. The molecule has 3 heteroatoms. The molecule has 0 spiro atoms. The van der Waals surface area contributed by atoms with Crippen molar-refractivity contribution < 1.29 is 0 Å². The number of rotatable bonds is 4. The van der Waals surface area contributed by atoms with E-state index in [2.05, 4.69) is 41.2 Å². The van der Waals surface area contributed by atoms with E-state index in [4.69, 9.17) is 0 Å². The van der Waals surface area contributed by atoms with Gasteiger partial charge in [-0.3, -0.25) is 0 Å². The Morgan fingerprint density at radius 2 is 2.12 bits per heavy atom. The van der Waals surface area contributed by atoms with Gasteiger partial charge in [-0.15, -0.1) is 11.3 Å². The van der Waals surface area contributed by atoms with E-state index in [1.807, 2.05) is 11.3 Å². The second kappa shape index (κ2) is 6.35. The molecule has 1 aliphatic carbocycles. The molecule has 1 fully saturated rings. The van der Waals surface area contributed by atoms with Crippen molar-refractivity contribution in [1.82, 2.24) is 5.32 Å². The third kappa shape index (κ3) is 3.33. The van der Waals surface area contributed by atoms with Crippen LogP contribution in [0.1, 0.15) is 54.8 Å². The van der Waals surface area contributed by atoms with E-state index in [1.165, 1.54) is 46.3 Å². The van der Waals surface area contributed by atoms with Gasteiger partial charge in [-0.25, -0.2) is 0 Å². The van der Waals surface area contributed by atoms with Gasteiger partial charge >= 0.3 is 0 Å². The molecular formula is C14H22BrNS. The fraction of sp³-hybridized carbons (Fsp3) is 0.714. The highest BCUT2D eigenvalue weighted by Gasteiger charge is 2.27. The smallest absolute Gasteiger partial charge is 0.0454 e. The normalized spacial score (nSPS) is 19.5. The summed E-state index contributed by atoms with van der Waals surface area (Å²) in [7, 11) is 0. The van der Waals surface area contributed by atoms with Crippen molar-refractivity contribution in [2.45, 2.75) is 52.0 Å². The summed E-state index contributed by atoms with van der Waals surface area (Å²) in [6.45, 7) is 5.47. The Hall–Kier alpha value is 0.140. The molecule has 0 amide bonds. The molecular weight excluding hydrogens is 294 g/mol. The van der Waals surface area contributed by atoms with E-state index in [0.29, 0.717) is 6.04 Å². The van der Waals surface area contributed by atoms with Gasteiger partial charge in [-0.2, -0.15) is 0 Å². The molecule has 0 aromatic carbocycles. The number of aryl methyl sites for hydroxylation is 1. The van der Waals surface area contributed by atoms with E-state index >= 15 is 0 Å². The highest BCUT2D eigenvalue weighted by molar-refractivity contribution is 9.10. The standard InChI is InChI=1S/C14H22BrNS/c1-3-16-13(11-7-5-4-6-8-11)14-12(15)9-10(2)17-14/h9,11,13,16H,3-8H2,1-2H3. The molecule has 0 bridgehead atoms. The molecule has 1 saturated carbocycles. The van der Waals surface area contributed by atoms with Crippen LogP contribution in [0.5, 0.6) is 0 Å². The van der Waals surface area contributed by atoms with Crippen molar-refractivity contribution in [1.29, 1.82) is 0 Å². The minimum Gasteiger partial charge on any atom is -0.309 e. The molecule has 2 rings (SSSR count). The first kappa shape index (κ1) is 13.6. The van der Waals surface area contributed by atoms with Gasteiger partial charge in [0.15, 0.2) is 0 Å². The number of thiophene rings is 1. The second-order valence-corrected chi connectivity index (χ2v) is 7.14. The third-order valence-corrected chi connectivity index (χ3v) is 5.72. The largest absolute Gasteiger partial charge is 0.309 e. The third-order valence-electron chi connectivity index (χ3n) is 3.66. The predicted molar refractivity (Wildman–Crippen MR) is 79.7 cm³/mol. The first-order chi connectivity index (χ1) is 8.22. The van der Waals surface area contributed by atoms with Crippen molar-refractivity contribution in [3.8, 4) is 0 Å². The molecule has 96 valence electrons. The lowest BCUT2D eigenvalue weighted by Crippen LogP contribution is -2.29. The zero-order valence-corrected chi connectivity index (χ0v) is 13.2. The lowest BCUT2D eigenvalue weighted by molar-refractivity contribution is 0.277. The second-order valence-electron chi connectivity index (χ2n) is 5.00. The Balaban J connectivity index is 2.18. The first-order valence-electron chi connectivity index (χ1n) is 6.71. The maximum absolute atomic E-state index is 3.72. The molecule has 1 N–H and O–H groups in total. The monoisotopic (exact) mass is 315 g/mol. The molecule has 0 radical (unpaired) electrons. The van der Waals surface area contributed by atoms with E-state index in [1.54, 1.807) is 0 Å². The number of nitrogens with one attached hydrogen (secondary N) is 1. The molecule has 1 unspecified atom stereocenters. The molecule has 0 saturated heterocycles. The minimum atomic E-state index is 0.563. The van der Waals surface area contributed by atoms with Gasteiger partial charge in [-0.05, 0) is 54.2 Å². The zero-order chi connectivity index (χ0) is 12.3. The van der Waals surface area contributed by atoms with Crippen LogP contribution >= 0.6 is 27.3 Å². The quantitative estimate of drug-likeness (QED) is 0.819. The fourth-order valence-corrected chi connectivity index (χ4v) is 4.94. The summed E-state index contributed by atoms with van der Waals surface area (Å²) >= 11 is 5.67. The summed E-state index contributed by atoms with van der Waals surface area (Å²) in [5.41, 5.74) is 0. The molecule has 1 aliphatic rings. The molecule has 1 heterocycles. The van der Waals surface area contributed by atoms with Crippen LogP contribution in [0.2, 0.25) is 0 Å². The van der Waals surface area contributed by atoms with Crippen LogP contribution in [0.15, 0.2) is 10.5 Å². The first-order valence-corrected chi connectivity index (χ1v) is 8.32. The van der Waals surface area contributed by atoms with Crippen LogP contribution in [0.3, 0.4) is 0 Å². The number of hydrogen-bond acceptors (Lipinski definition) is 2. The number of hydrogen-bond donors (Lipinski definition) is 1. The molecule has 0 aliphatic heterocycles. The number of halogens is 1. The fourth-order valence-electron chi connectivity index (χ4n) is 2.87. The Morgan fingerprint density at radius 3 is 2.65 bits per heavy atom. The van der Waals surface area contributed by atoms with Crippen LogP contribution in [-0.2, 0) is 0 Å². The summed E-state index contributed by atoms with van der Waals surface area (Å²) in [4.78, 5) is 2.92. The summed E-state index contributed by atoms with van der Waals surface area (Å²) in [6, 6.07) is 2.82. The van der Waals surface area contributed by atoms with Gasteiger partial charge in [0, 0.05) is 20.3 Å². The van der Waals surface area contributed by atoms with Gasteiger partial charge in [0.05, 0.1) is 0 Å². The Kier molecular flexibility index (Phi) is 5.07. The van der Waals surface area contributed by atoms with Crippen molar-refractivity contribution in [2.24, 2.45) is 5.92 Å². The highest BCUT2D eigenvalue weighted by Crippen LogP contribution is 2.40. The Morgan fingerprint density at radius 1 is 1.41 bits per heavy atom. The van der Waals surface area contributed by atoms with Crippen LogP contribution in [0, 0.1) is 12.8 Å². The zero-order valence-electron chi connectivity index (χ0n) is 10.8. The van der Waals surface area contributed by atoms with Gasteiger partial charge in [0.25, 0.3) is 0 Å². The molecule has 17 heavy (non-hydrogen) atoms. The van der Waals surface area contributed by atoms with Crippen LogP contribution in [-0.4, -0.2) is 6.54 Å². The van der Waals surface area contributed by atoms with Gasteiger partial charge < -0.3 is 5.32 Å². The van der Waals surface area contributed by atoms with Crippen molar-refractivity contribution in [2.75, 3.05) is 6.54 Å². The summed E-state index contributed by atoms with van der Waals surface area (Å²) in [5.74, 6) is 0.832. The van der Waals surface area contributed by atoms with Crippen LogP contribution < -0.4 is 5.32 Å².